The van der Waals surface area contributed by atoms with Crippen LogP contribution in [0.4, 0.5) is 4.79 Å². The molecule has 0 radical (unpaired) electrons. The Hall–Kier alpha value is -3.01. The zero-order valence-corrected chi connectivity index (χ0v) is 28.9. The van der Waals surface area contributed by atoms with E-state index in [0.29, 0.717) is 53.3 Å². The fraction of sp³-hybridized carbons (Fsp3) is 0.441. The minimum absolute atomic E-state index is 0.0789. The summed E-state index contributed by atoms with van der Waals surface area (Å²) in [6.45, 7) is 23.6. The first-order valence-corrected chi connectivity index (χ1v) is 17.8. The van der Waals surface area contributed by atoms with E-state index in [1.165, 1.54) is 0 Å². The first-order chi connectivity index (χ1) is 20.5. The predicted octanol–water partition coefficient (Wildman–Crippen LogP) is 8.82. The van der Waals surface area contributed by atoms with E-state index in [1.807, 2.05) is 24.3 Å². The normalized spacial score (nSPS) is 12.1. The summed E-state index contributed by atoms with van der Waals surface area (Å²) >= 11 is 3.60. The fourth-order valence-corrected chi connectivity index (χ4v) is 10.1. The number of halogens is 1. The second-order valence-corrected chi connectivity index (χ2v) is 17.1. The van der Waals surface area contributed by atoms with Gasteiger partial charge in [-0.15, -0.1) is 0 Å². The quantitative estimate of drug-likeness (QED) is 0.119. The zero-order chi connectivity index (χ0) is 32.0. The predicted molar refractivity (Wildman–Crippen MR) is 181 cm³/mol. The molecule has 7 nitrogen and oxygen atoms in total. The van der Waals surface area contributed by atoms with Crippen molar-refractivity contribution < 1.29 is 28.5 Å². The molecule has 0 aromatic heterocycles. The Morgan fingerprint density at radius 2 is 1.47 bits per heavy atom. The number of amides is 1. The average Bonchev–Trinajstić information content (AvgIpc) is 2.98. The molecule has 0 bridgehead atoms. The molecule has 0 aliphatic heterocycles. The van der Waals surface area contributed by atoms with Gasteiger partial charge in [-0.1, -0.05) is 84.7 Å². The van der Waals surface area contributed by atoms with Gasteiger partial charge in [-0.25, -0.2) is 4.79 Å². The second-order valence-electron chi connectivity index (χ2n) is 11.1. The van der Waals surface area contributed by atoms with Crippen molar-refractivity contribution in [3.63, 3.8) is 0 Å². The van der Waals surface area contributed by atoms with Crippen molar-refractivity contribution in [1.82, 2.24) is 4.90 Å². The minimum atomic E-state index is -2.17. The lowest BCUT2D eigenvalue weighted by atomic mass is 10.0. The number of phenolic OH excluding ortho intramolecular Hbond substituents is 1. The molecule has 0 spiro atoms. The van der Waals surface area contributed by atoms with E-state index in [1.54, 1.807) is 35.3 Å². The first-order valence-electron chi connectivity index (χ1n) is 14.8. The van der Waals surface area contributed by atoms with E-state index in [9.17, 15) is 9.90 Å². The smallest absolute Gasteiger partial charge is 0.410 e. The molecule has 0 aliphatic rings. The van der Waals surface area contributed by atoms with Crippen LogP contribution in [0.2, 0.25) is 17.1 Å². The highest BCUT2D eigenvalue weighted by Gasteiger charge is 2.41. The molecule has 1 atom stereocenters. The lowest BCUT2D eigenvalue weighted by Crippen LogP contribution is -2.50. The number of phenols is 1. The van der Waals surface area contributed by atoms with Gasteiger partial charge in [0.05, 0.1) is 12.6 Å². The van der Waals surface area contributed by atoms with Gasteiger partial charge in [0, 0.05) is 6.54 Å². The molecule has 2 aromatic rings. The Kier molecular flexibility index (Phi) is 15.1. The van der Waals surface area contributed by atoms with Crippen LogP contribution in [-0.2, 0) is 22.1 Å². The summed E-state index contributed by atoms with van der Waals surface area (Å²) in [7, 11) is -2.17. The molecule has 0 saturated heterocycles. The lowest BCUT2D eigenvalue weighted by Gasteiger charge is -2.40. The maximum Gasteiger partial charge on any atom is 0.410 e. The topological polar surface area (TPSA) is 77.5 Å². The number of nitrogens with zero attached hydrogens (tertiary/aromatic N) is 1. The highest BCUT2D eigenvalue weighted by molar-refractivity contribution is 9.10. The van der Waals surface area contributed by atoms with Gasteiger partial charge in [0.25, 0.3) is 0 Å². The van der Waals surface area contributed by atoms with Crippen molar-refractivity contribution in [2.45, 2.75) is 70.8 Å². The Morgan fingerprint density at radius 1 is 0.930 bits per heavy atom. The molecular formula is C34H48BrNO6Si. The van der Waals surface area contributed by atoms with Crippen molar-refractivity contribution in [2.24, 2.45) is 0 Å². The highest BCUT2D eigenvalue weighted by Crippen LogP contribution is 2.38. The summed E-state index contributed by atoms with van der Waals surface area (Å²) in [5, 5.41) is 9.89. The van der Waals surface area contributed by atoms with Crippen LogP contribution in [0, 0.1) is 0 Å². The van der Waals surface area contributed by atoms with Crippen molar-refractivity contribution >= 4 is 30.3 Å². The minimum Gasteiger partial charge on any atom is -0.508 e. The largest absolute Gasteiger partial charge is 0.508 e. The highest BCUT2D eigenvalue weighted by atomic mass is 79.9. The van der Waals surface area contributed by atoms with Crippen molar-refractivity contribution in [1.29, 1.82) is 0 Å². The molecule has 1 amide bonds. The van der Waals surface area contributed by atoms with Crippen LogP contribution in [-0.4, -0.2) is 56.9 Å². The summed E-state index contributed by atoms with van der Waals surface area (Å²) in [4.78, 5) is 15.4. The zero-order valence-electron chi connectivity index (χ0n) is 26.3. The van der Waals surface area contributed by atoms with Gasteiger partial charge in [-0.05, 0) is 74.9 Å². The standard InChI is InChI=1S/C34H48BrNO6Si/c1-9-17-39-31-21-28(22-32(33(31)35)40-18-10-2)23-36(34(38)41-19-11-3)29(20-27-13-15-30(37)16-14-27)24-42-43(12-4,25(5)6)26(7)8/h9-11,13-16,21-22,25-26,29,37H,1-3,12,17-20,23-24H2,4-8H3/t29-/m0/s1. The third-order valence-corrected chi connectivity index (χ3v) is 14.1. The van der Waals surface area contributed by atoms with E-state index >= 15 is 0 Å². The SMILES string of the molecule is C=CCOC(=O)N(Cc1cc(OCC=C)c(Br)c(OCC=C)c1)[C@H](CO[Si](CC)(C(C)C)C(C)C)Cc1ccc(O)cc1. The van der Waals surface area contributed by atoms with Crippen molar-refractivity contribution in [3.8, 4) is 17.2 Å². The molecule has 236 valence electrons. The molecule has 0 unspecified atom stereocenters. The summed E-state index contributed by atoms with van der Waals surface area (Å²) in [6, 6.07) is 11.4. The van der Waals surface area contributed by atoms with Crippen molar-refractivity contribution in [2.75, 3.05) is 26.4 Å². The third kappa shape index (κ3) is 10.3. The molecule has 9 heteroatoms. The van der Waals surface area contributed by atoms with Crippen LogP contribution >= 0.6 is 15.9 Å². The fourth-order valence-electron chi connectivity index (χ4n) is 5.31. The van der Waals surface area contributed by atoms with Crippen LogP contribution in [0.15, 0.2) is 78.8 Å². The van der Waals surface area contributed by atoms with Crippen molar-refractivity contribution in [3.05, 3.63) is 90.0 Å². The Balaban J connectivity index is 2.61. The summed E-state index contributed by atoms with van der Waals surface area (Å²) in [5.74, 6) is 1.32. The van der Waals surface area contributed by atoms with E-state index in [0.717, 1.165) is 17.2 Å². The number of carbonyl (C=O) groups excluding carboxylic acids is 1. The molecule has 0 aliphatic carbocycles. The molecule has 1 N–H and O–H groups in total. The maximum atomic E-state index is 13.7. The number of carbonyl (C=O) groups is 1. The van der Waals surface area contributed by atoms with E-state index in [-0.39, 0.29) is 24.9 Å². The number of hydrogen-bond donors (Lipinski definition) is 1. The summed E-state index contributed by atoms with van der Waals surface area (Å²) in [5.41, 5.74) is 2.55. The summed E-state index contributed by atoms with van der Waals surface area (Å²) < 4.78 is 25.1. The molecule has 43 heavy (non-hydrogen) atoms. The van der Waals surface area contributed by atoms with Gasteiger partial charge >= 0.3 is 6.09 Å². The van der Waals surface area contributed by atoms with Crippen LogP contribution in [0.1, 0.15) is 45.7 Å². The Bertz CT molecular complexity index is 1160. The Labute approximate surface area is 267 Å². The van der Waals surface area contributed by atoms with Crippen LogP contribution in [0.3, 0.4) is 0 Å². The van der Waals surface area contributed by atoms with Crippen LogP contribution in [0.5, 0.6) is 17.2 Å². The Morgan fingerprint density at radius 3 is 1.93 bits per heavy atom. The monoisotopic (exact) mass is 673 g/mol. The molecule has 2 aromatic carbocycles. The van der Waals surface area contributed by atoms with E-state index < -0.39 is 14.4 Å². The van der Waals surface area contributed by atoms with Gasteiger partial charge in [0.1, 0.15) is 41.5 Å². The number of ether oxygens (including phenoxy) is 3. The number of aromatic hydroxyl groups is 1. The van der Waals surface area contributed by atoms with Gasteiger partial charge in [0.15, 0.2) is 8.32 Å². The third-order valence-electron chi connectivity index (χ3n) is 7.59. The molecule has 0 heterocycles. The van der Waals surface area contributed by atoms with E-state index in [4.69, 9.17) is 18.6 Å². The van der Waals surface area contributed by atoms with Crippen LogP contribution in [0.25, 0.3) is 0 Å². The van der Waals surface area contributed by atoms with E-state index in [2.05, 4.69) is 70.3 Å². The average molecular weight is 675 g/mol. The van der Waals surface area contributed by atoms with Gasteiger partial charge in [-0.2, -0.15) is 0 Å². The molecule has 0 saturated carbocycles. The molecular weight excluding hydrogens is 626 g/mol. The van der Waals surface area contributed by atoms with Gasteiger partial charge < -0.3 is 23.7 Å². The lowest BCUT2D eigenvalue weighted by molar-refractivity contribution is 0.0731. The molecule has 0 fully saturated rings. The second kappa shape index (κ2) is 17.9. The van der Waals surface area contributed by atoms with Crippen LogP contribution < -0.4 is 9.47 Å². The molecule has 2 rings (SSSR count). The van der Waals surface area contributed by atoms with Gasteiger partial charge in [-0.3, -0.25) is 4.90 Å². The number of benzene rings is 2. The van der Waals surface area contributed by atoms with Gasteiger partial charge in [0.2, 0.25) is 0 Å². The number of rotatable bonds is 19. The number of hydrogen-bond acceptors (Lipinski definition) is 6. The first kappa shape index (κ1) is 36.2. The maximum absolute atomic E-state index is 13.7. The summed E-state index contributed by atoms with van der Waals surface area (Å²) in [6.07, 6.45) is 4.91.